The lowest BCUT2D eigenvalue weighted by Crippen LogP contribution is -2.45. The molecule has 3 atom stereocenters. The SMILES string of the molecule is Cc1cnc(NCC2CCCCN2c2ccc(=O)n(C3CCCCC3O)n2)cn1. The zero-order valence-corrected chi connectivity index (χ0v) is 17.0. The fourth-order valence-corrected chi connectivity index (χ4v) is 4.40. The number of nitrogens with zero attached hydrogens (tertiary/aromatic N) is 5. The largest absolute Gasteiger partial charge is 0.391 e. The number of hydrogen-bond donors (Lipinski definition) is 2. The molecule has 2 aromatic rings. The number of aryl methyl sites for hydroxylation is 1. The van der Waals surface area contributed by atoms with E-state index < -0.39 is 6.10 Å². The third kappa shape index (κ3) is 4.58. The highest BCUT2D eigenvalue weighted by Gasteiger charge is 2.28. The highest BCUT2D eigenvalue weighted by molar-refractivity contribution is 5.40. The molecule has 1 saturated carbocycles. The molecule has 2 aromatic heterocycles. The quantitative estimate of drug-likeness (QED) is 0.798. The van der Waals surface area contributed by atoms with Gasteiger partial charge in [0, 0.05) is 25.2 Å². The summed E-state index contributed by atoms with van der Waals surface area (Å²) in [5.41, 5.74) is 0.757. The van der Waals surface area contributed by atoms with E-state index in [4.69, 9.17) is 5.10 Å². The van der Waals surface area contributed by atoms with Crippen molar-refractivity contribution in [2.75, 3.05) is 23.3 Å². The Hall–Kier alpha value is -2.48. The second-order valence-electron chi connectivity index (χ2n) is 8.16. The highest BCUT2D eigenvalue weighted by Crippen LogP contribution is 2.28. The highest BCUT2D eigenvalue weighted by atomic mass is 16.3. The van der Waals surface area contributed by atoms with Crippen LogP contribution in [0.15, 0.2) is 29.3 Å². The van der Waals surface area contributed by atoms with Crippen molar-refractivity contribution in [1.82, 2.24) is 19.7 Å². The van der Waals surface area contributed by atoms with Crippen LogP contribution < -0.4 is 15.8 Å². The van der Waals surface area contributed by atoms with Crippen LogP contribution in [-0.4, -0.2) is 50.1 Å². The first-order chi connectivity index (χ1) is 14.1. The third-order valence-corrected chi connectivity index (χ3v) is 6.04. The van der Waals surface area contributed by atoms with Crippen LogP contribution >= 0.6 is 0 Å². The van der Waals surface area contributed by atoms with Crippen LogP contribution in [0.25, 0.3) is 0 Å². The number of piperidine rings is 1. The van der Waals surface area contributed by atoms with Crippen LogP contribution in [0, 0.1) is 6.92 Å². The molecule has 0 radical (unpaired) electrons. The summed E-state index contributed by atoms with van der Waals surface area (Å²) in [4.78, 5) is 23.4. The molecule has 0 amide bonds. The topological polar surface area (TPSA) is 96.2 Å². The van der Waals surface area contributed by atoms with Crippen molar-refractivity contribution in [2.45, 2.75) is 70.1 Å². The predicted octanol–water partition coefficient (Wildman–Crippen LogP) is 2.29. The number of nitrogens with one attached hydrogen (secondary N) is 1. The first kappa shape index (κ1) is 19.8. The molecular formula is C21H30N6O2. The fourth-order valence-electron chi connectivity index (χ4n) is 4.40. The van der Waals surface area contributed by atoms with Gasteiger partial charge in [0.1, 0.15) is 11.6 Å². The molecule has 0 aromatic carbocycles. The van der Waals surface area contributed by atoms with Gasteiger partial charge >= 0.3 is 0 Å². The lowest BCUT2D eigenvalue weighted by atomic mass is 9.93. The Morgan fingerprint density at radius 1 is 1.10 bits per heavy atom. The number of aliphatic hydroxyl groups excluding tert-OH is 1. The van der Waals surface area contributed by atoms with Gasteiger partial charge in [-0.1, -0.05) is 12.8 Å². The lowest BCUT2D eigenvalue weighted by Gasteiger charge is -2.37. The molecule has 3 unspecified atom stereocenters. The van der Waals surface area contributed by atoms with Gasteiger partial charge in [-0.15, -0.1) is 0 Å². The van der Waals surface area contributed by atoms with Gasteiger partial charge in [-0.05, 0) is 45.1 Å². The molecule has 4 rings (SSSR count). The molecule has 156 valence electrons. The minimum absolute atomic E-state index is 0.138. The van der Waals surface area contributed by atoms with E-state index >= 15 is 0 Å². The van der Waals surface area contributed by atoms with Gasteiger partial charge in [0.15, 0.2) is 0 Å². The Bertz CT molecular complexity index is 868. The molecule has 8 nitrogen and oxygen atoms in total. The van der Waals surface area contributed by atoms with Gasteiger partial charge < -0.3 is 15.3 Å². The second-order valence-corrected chi connectivity index (χ2v) is 8.16. The van der Waals surface area contributed by atoms with E-state index in [1.165, 1.54) is 11.1 Å². The van der Waals surface area contributed by atoms with E-state index in [9.17, 15) is 9.90 Å². The monoisotopic (exact) mass is 398 g/mol. The van der Waals surface area contributed by atoms with Crippen LogP contribution in [0.3, 0.4) is 0 Å². The maximum atomic E-state index is 12.5. The first-order valence-electron chi connectivity index (χ1n) is 10.7. The lowest BCUT2D eigenvalue weighted by molar-refractivity contribution is 0.0669. The number of anilines is 2. The average Bonchev–Trinajstić information content (AvgIpc) is 2.75. The fraction of sp³-hybridized carbons (Fsp3) is 0.619. The number of aromatic nitrogens is 4. The molecule has 8 heteroatoms. The Balaban J connectivity index is 1.52. The maximum Gasteiger partial charge on any atom is 0.267 e. The molecule has 1 saturated heterocycles. The Labute approximate surface area is 171 Å². The molecule has 2 aliphatic rings. The molecule has 3 heterocycles. The molecule has 0 bridgehead atoms. The Morgan fingerprint density at radius 3 is 2.72 bits per heavy atom. The summed E-state index contributed by atoms with van der Waals surface area (Å²) in [6.45, 7) is 3.57. The van der Waals surface area contributed by atoms with Crippen molar-refractivity contribution in [1.29, 1.82) is 0 Å². The van der Waals surface area contributed by atoms with Crippen LogP contribution in [0.2, 0.25) is 0 Å². The zero-order valence-electron chi connectivity index (χ0n) is 17.0. The zero-order chi connectivity index (χ0) is 20.2. The van der Waals surface area contributed by atoms with Crippen molar-refractivity contribution in [3.8, 4) is 0 Å². The van der Waals surface area contributed by atoms with Crippen molar-refractivity contribution in [3.05, 3.63) is 40.6 Å². The summed E-state index contributed by atoms with van der Waals surface area (Å²) in [7, 11) is 0. The first-order valence-corrected chi connectivity index (χ1v) is 10.7. The molecule has 1 aliphatic carbocycles. The van der Waals surface area contributed by atoms with Crippen LogP contribution in [0.4, 0.5) is 11.6 Å². The van der Waals surface area contributed by atoms with Gasteiger partial charge in [-0.25, -0.2) is 9.67 Å². The number of rotatable bonds is 5. The van der Waals surface area contributed by atoms with Gasteiger partial charge in [0.05, 0.1) is 30.2 Å². The van der Waals surface area contributed by atoms with Crippen LogP contribution in [0.1, 0.15) is 56.7 Å². The van der Waals surface area contributed by atoms with E-state index in [-0.39, 0.29) is 17.6 Å². The maximum absolute atomic E-state index is 12.5. The second kappa shape index (κ2) is 8.90. The Morgan fingerprint density at radius 2 is 1.93 bits per heavy atom. The molecule has 1 aliphatic heterocycles. The van der Waals surface area contributed by atoms with E-state index in [1.54, 1.807) is 18.5 Å². The van der Waals surface area contributed by atoms with Gasteiger partial charge in [0.2, 0.25) is 0 Å². The average molecular weight is 399 g/mol. The van der Waals surface area contributed by atoms with Crippen molar-refractivity contribution in [3.63, 3.8) is 0 Å². The summed E-state index contributed by atoms with van der Waals surface area (Å²) < 4.78 is 1.52. The van der Waals surface area contributed by atoms with Crippen LogP contribution in [0.5, 0.6) is 0 Å². The summed E-state index contributed by atoms with van der Waals surface area (Å²) >= 11 is 0. The van der Waals surface area contributed by atoms with E-state index in [0.29, 0.717) is 0 Å². The predicted molar refractivity (Wildman–Crippen MR) is 112 cm³/mol. The van der Waals surface area contributed by atoms with Crippen molar-refractivity contribution >= 4 is 11.6 Å². The molecular weight excluding hydrogens is 368 g/mol. The van der Waals surface area contributed by atoms with Gasteiger partial charge in [0.25, 0.3) is 5.56 Å². The Kier molecular flexibility index (Phi) is 6.08. The summed E-state index contributed by atoms with van der Waals surface area (Å²) in [5.74, 6) is 1.58. The number of hydrogen-bond acceptors (Lipinski definition) is 7. The van der Waals surface area contributed by atoms with Crippen molar-refractivity contribution in [2.24, 2.45) is 0 Å². The minimum atomic E-state index is -0.497. The molecule has 0 spiro atoms. The minimum Gasteiger partial charge on any atom is -0.391 e. The summed E-state index contributed by atoms with van der Waals surface area (Å²) in [6.07, 6.45) is 9.91. The summed E-state index contributed by atoms with van der Waals surface area (Å²) in [6, 6.07) is 3.45. The third-order valence-electron chi connectivity index (χ3n) is 6.04. The summed E-state index contributed by atoms with van der Waals surface area (Å²) in [5, 5.41) is 18.5. The van der Waals surface area contributed by atoms with E-state index in [1.807, 2.05) is 13.0 Å². The van der Waals surface area contributed by atoms with Crippen molar-refractivity contribution < 1.29 is 5.11 Å². The molecule has 2 fully saturated rings. The van der Waals surface area contributed by atoms with Crippen LogP contribution in [-0.2, 0) is 0 Å². The standard InChI is InChI=1S/C21H30N6O2/c1-15-12-23-19(14-22-15)24-13-16-6-4-5-11-26(16)20-9-10-21(29)27(25-20)17-7-2-3-8-18(17)28/h9-10,12,14,16-18,28H,2-8,11,13H2,1H3,(H,23,24). The number of aliphatic hydroxyl groups is 1. The normalized spacial score (nSPS) is 25.0. The van der Waals surface area contributed by atoms with E-state index in [0.717, 1.165) is 68.9 Å². The molecule has 2 N–H and O–H groups in total. The van der Waals surface area contributed by atoms with Gasteiger partial charge in [-0.2, -0.15) is 5.10 Å². The van der Waals surface area contributed by atoms with Gasteiger partial charge in [-0.3, -0.25) is 9.78 Å². The molecule has 29 heavy (non-hydrogen) atoms. The smallest absolute Gasteiger partial charge is 0.267 e. The van der Waals surface area contributed by atoms with E-state index in [2.05, 4.69) is 20.2 Å².